The third-order valence-corrected chi connectivity index (χ3v) is 5.94. The molecule has 0 aliphatic carbocycles. The molecule has 0 saturated heterocycles. The number of rotatable bonds is 6. The molecule has 0 amide bonds. The smallest absolute Gasteiger partial charge is 0.0122 e. The Hall–Kier alpha value is -2.51. The summed E-state index contributed by atoms with van der Waals surface area (Å²) in [6, 6.07) is 26.4. The summed E-state index contributed by atoms with van der Waals surface area (Å²) in [5.74, 6) is 0. The second-order valence-electron chi connectivity index (χ2n) is 7.14. The van der Waals surface area contributed by atoms with Gasteiger partial charge in [-0.15, -0.1) is 0 Å². The van der Waals surface area contributed by atoms with Crippen molar-refractivity contribution in [1.29, 1.82) is 0 Å². The van der Waals surface area contributed by atoms with Gasteiger partial charge in [0, 0.05) is 9.79 Å². The summed E-state index contributed by atoms with van der Waals surface area (Å²) in [5, 5.41) is 0. The highest BCUT2D eigenvalue weighted by Gasteiger charge is 2.03. The summed E-state index contributed by atoms with van der Waals surface area (Å²) >= 11 is 1.81. The lowest BCUT2D eigenvalue weighted by Gasteiger charge is -2.08. The molecule has 0 atom stereocenters. The van der Waals surface area contributed by atoms with Gasteiger partial charge in [-0.25, -0.2) is 0 Å². The van der Waals surface area contributed by atoms with Crippen molar-refractivity contribution in [1.82, 2.24) is 0 Å². The zero-order valence-corrected chi connectivity index (χ0v) is 18.0. The number of benzene rings is 3. The van der Waals surface area contributed by atoms with E-state index in [1.807, 2.05) is 11.8 Å². The summed E-state index contributed by atoms with van der Waals surface area (Å²) in [6.07, 6.45) is 5.50. The molecule has 0 spiro atoms. The maximum Gasteiger partial charge on any atom is 0.0122 e. The Morgan fingerprint density at radius 3 is 2.07 bits per heavy atom. The molecule has 0 aromatic heterocycles. The minimum atomic E-state index is 1.07. The number of hydrogen-bond acceptors (Lipinski definition) is 1. The normalized spacial score (nSPS) is 12.3. The van der Waals surface area contributed by atoms with Gasteiger partial charge in [0.25, 0.3) is 0 Å². The van der Waals surface area contributed by atoms with Gasteiger partial charge in [-0.1, -0.05) is 84.9 Å². The van der Waals surface area contributed by atoms with E-state index in [1.165, 1.54) is 43.2 Å². The first-order valence-electron chi connectivity index (χ1n) is 9.86. The first-order chi connectivity index (χ1) is 13.6. The lowest BCUT2D eigenvalue weighted by Crippen LogP contribution is -1.84. The van der Waals surface area contributed by atoms with Crippen molar-refractivity contribution < 1.29 is 0 Å². The number of aryl methyl sites for hydroxylation is 1. The fraction of sp³-hybridized carbons (Fsp3) is 0.185. The van der Waals surface area contributed by atoms with E-state index in [-0.39, 0.29) is 0 Å². The summed E-state index contributed by atoms with van der Waals surface area (Å²) in [7, 11) is 0. The summed E-state index contributed by atoms with van der Waals surface area (Å²) in [4.78, 5) is 2.53. The van der Waals surface area contributed by atoms with Crippen molar-refractivity contribution in [3.63, 3.8) is 0 Å². The third kappa shape index (κ3) is 5.27. The Morgan fingerprint density at radius 2 is 1.46 bits per heavy atom. The van der Waals surface area contributed by atoms with E-state index in [9.17, 15) is 0 Å². The highest BCUT2D eigenvalue weighted by Crippen LogP contribution is 2.31. The predicted molar refractivity (Wildman–Crippen MR) is 125 cm³/mol. The monoisotopic (exact) mass is 384 g/mol. The van der Waals surface area contributed by atoms with Crippen molar-refractivity contribution in [3.05, 3.63) is 102 Å². The van der Waals surface area contributed by atoms with Crippen LogP contribution in [0.4, 0.5) is 0 Å². The number of allylic oxidation sites excluding steroid dienone is 4. The molecule has 142 valence electrons. The van der Waals surface area contributed by atoms with Gasteiger partial charge < -0.3 is 0 Å². The highest BCUT2D eigenvalue weighted by atomic mass is 32.2. The quantitative estimate of drug-likeness (QED) is 0.383. The standard InChI is InChI=1S/C27H28S/c1-5-6-9-21(3)22(4)23-11-15-26(16-12-23)28-27-17-13-24(14-18-27)25-10-7-8-20(2)19-25/h6-19H,5H2,1-4H3. The molecule has 3 aromatic carbocycles. The van der Waals surface area contributed by atoms with E-state index >= 15 is 0 Å². The second kappa shape index (κ2) is 9.61. The van der Waals surface area contributed by atoms with Gasteiger partial charge >= 0.3 is 0 Å². The Morgan fingerprint density at radius 1 is 0.821 bits per heavy atom. The largest absolute Gasteiger partial charge is 0.0901 e. The zero-order valence-electron chi connectivity index (χ0n) is 17.2. The van der Waals surface area contributed by atoms with Gasteiger partial charge in [0.05, 0.1) is 0 Å². The predicted octanol–water partition coefficient (Wildman–Crippen LogP) is 8.57. The van der Waals surface area contributed by atoms with Gasteiger partial charge in [-0.3, -0.25) is 0 Å². The Bertz CT molecular complexity index is 974. The second-order valence-corrected chi connectivity index (χ2v) is 8.29. The molecule has 0 heterocycles. The van der Waals surface area contributed by atoms with Crippen molar-refractivity contribution in [2.45, 2.75) is 43.9 Å². The van der Waals surface area contributed by atoms with Crippen LogP contribution in [0.25, 0.3) is 16.7 Å². The van der Waals surface area contributed by atoms with Crippen LogP contribution in [-0.2, 0) is 0 Å². The molecule has 0 unspecified atom stereocenters. The van der Waals surface area contributed by atoms with Crippen molar-refractivity contribution in [2.75, 3.05) is 0 Å². The Labute approximate surface area is 174 Å². The maximum absolute atomic E-state index is 2.23. The molecular formula is C27H28S. The molecule has 0 aliphatic rings. The van der Waals surface area contributed by atoms with Crippen LogP contribution in [0.1, 0.15) is 38.3 Å². The zero-order chi connectivity index (χ0) is 19.9. The van der Waals surface area contributed by atoms with Crippen LogP contribution < -0.4 is 0 Å². The topological polar surface area (TPSA) is 0 Å². The van der Waals surface area contributed by atoms with Gasteiger partial charge in [0.2, 0.25) is 0 Å². The Balaban J connectivity index is 1.71. The van der Waals surface area contributed by atoms with Crippen LogP contribution in [-0.4, -0.2) is 0 Å². The molecule has 0 radical (unpaired) electrons. The van der Waals surface area contributed by atoms with Crippen LogP contribution in [0.5, 0.6) is 0 Å². The van der Waals surface area contributed by atoms with Crippen molar-refractivity contribution in [3.8, 4) is 11.1 Å². The minimum absolute atomic E-state index is 1.07. The minimum Gasteiger partial charge on any atom is -0.0901 e. The van der Waals surface area contributed by atoms with E-state index in [0.29, 0.717) is 0 Å². The first kappa shape index (κ1) is 20.2. The van der Waals surface area contributed by atoms with Crippen LogP contribution >= 0.6 is 11.8 Å². The molecule has 0 saturated carbocycles. The summed E-state index contributed by atoms with van der Waals surface area (Å²) in [6.45, 7) is 8.68. The van der Waals surface area contributed by atoms with Gasteiger partial charge in [0.1, 0.15) is 0 Å². The average molecular weight is 385 g/mol. The molecule has 28 heavy (non-hydrogen) atoms. The molecule has 0 nitrogen and oxygen atoms in total. The molecule has 0 fully saturated rings. The summed E-state index contributed by atoms with van der Waals surface area (Å²) in [5.41, 5.74) is 7.78. The highest BCUT2D eigenvalue weighted by molar-refractivity contribution is 7.99. The molecule has 0 N–H and O–H groups in total. The summed E-state index contributed by atoms with van der Waals surface area (Å²) < 4.78 is 0. The van der Waals surface area contributed by atoms with Crippen LogP contribution in [0.3, 0.4) is 0 Å². The lowest BCUT2D eigenvalue weighted by molar-refractivity contribution is 1.22. The van der Waals surface area contributed by atoms with Crippen LogP contribution in [0, 0.1) is 6.92 Å². The third-order valence-electron chi connectivity index (χ3n) is 4.92. The fourth-order valence-corrected chi connectivity index (χ4v) is 3.91. The fourth-order valence-electron chi connectivity index (χ4n) is 3.10. The molecule has 0 aliphatic heterocycles. The van der Waals surface area contributed by atoms with Gasteiger partial charge in [0.15, 0.2) is 0 Å². The van der Waals surface area contributed by atoms with E-state index in [2.05, 4.69) is 113 Å². The lowest BCUT2D eigenvalue weighted by atomic mass is 10.0. The van der Waals surface area contributed by atoms with Gasteiger partial charge in [-0.05, 0) is 79.3 Å². The first-order valence-corrected chi connectivity index (χ1v) is 10.7. The van der Waals surface area contributed by atoms with E-state index in [4.69, 9.17) is 0 Å². The Kier molecular flexibility index (Phi) is 6.95. The maximum atomic E-state index is 2.23. The molecule has 3 aromatic rings. The molecule has 1 heteroatoms. The van der Waals surface area contributed by atoms with Crippen molar-refractivity contribution in [2.24, 2.45) is 0 Å². The number of hydrogen-bond donors (Lipinski definition) is 0. The SMILES string of the molecule is CCC=CC(C)=C(C)c1ccc(Sc2ccc(-c3cccc(C)c3)cc2)cc1. The van der Waals surface area contributed by atoms with Crippen LogP contribution in [0.2, 0.25) is 0 Å². The van der Waals surface area contributed by atoms with Crippen LogP contribution in [0.15, 0.2) is 100 Å². The van der Waals surface area contributed by atoms with Crippen molar-refractivity contribution >= 4 is 17.3 Å². The molecule has 3 rings (SSSR count). The molecule has 0 bridgehead atoms. The van der Waals surface area contributed by atoms with E-state index < -0.39 is 0 Å². The van der Waals surface area contributed by atoms with Gasteiger partial charge in [-0.2, -0.15) is 0 Å². The molecular weight excluding hydrogens is 356 g/mol. The average Bonchev–Trinajstić information content (AvgIpc) is 2.72. The van der Waals surface area contributed by atoms with E-state index in [1.54, 1.807) is 0 Å². The van der Waals surface area contributed by atoms with E-state index in [0.717, 1.165) is 6.42 Å².